The van der Waals surface area contributed by atoms with Gasteiger partial charge in [0.2, 0.25) is 0 Å². The first-order chi connectivity index (χ1) is 6.84. The summed E-state index contributed by atoms with van der Waals surface area (Å²) in [4.78, 5) is 11.8. The molecule has 14 heavy (non-hydrogen) atoms. The maximum Gasteiger partial charge on any atom is 0.160 e. The molecule has 0 aromatic carbocycles. The van der Waals surface area contributed by atoms with Crippen LogP contribution in [0.1, 0.15) is 32.1 Å². The lowest BCUT2D eigenvalue weighted by atomic mass is 9.74. The second-order valence-corrected chi connectivity index (χ2v) is 4.95. The van der Waals surface area contributed by atoms with Crippen LogP contribution in [-0.4, -0.2) is 17.9 Å². The van der Waals surface area contributed by atoms with E-state index in [-0.39, 0.29) is 0 Å². The highest BCUT2D eigenvalue weighted by atomic mass is 16.1. The highest BCUT2D eigenvalue weighted by Gasteiger charge is 2.41. The second-order valence-electron chi connectivity index (χ2n) is 4.95. The first kappa shape index (κ1) is 8.66. The Morgan fingerprint density at radius 1 is 1.21 bits per heavy atom. The Labute approximate surface area is 84.8 Å². The Balaban J connectivity index is 1.90. The zero-order valence-electron chi connectivity index (χ0n) is 8.41. The van der Waals surface area contributed by atoms with Gasteiger partial charge in [-0.05, 0) is 44.1 Å². The summed E-state index contributed by atoms with van der Waals surface area (Å²) in [5.41, 5.74) is 0. The highest BCUT2D eigenvalue weighted by Crippen LogP contribution is 2.38. The van der Waals surface area contributed by atoms with Gasteiger partial charge in [0.05, 0.1) is 0 Å². The quantitative estimate of drug-likeness (QED) is 0.631. The smallest absolute Gasteiger partial charge is 0.160 e. The van der Waals surface area contributed by atoms with Gasteiger partial charge in [-0.25, -0.2) is 0 Å². The molecule has 2 heterocycles. The van der Waals surface area contributed by atoms with Crippen LogP contribution in [0.5, 0.6) is 0 Å². The molecule has 3 rings (SSSR count). The van der Waals surface area contributed by atoms with E-state index >= 15 is 0 Å². The van der Waals surface area contributed by atoms with Crippen molar-refractivity contribution in [3.8, 4) is 0 Å². The summed E-state index contributed by atoms with van der Waals surface area (Å²) in [5, 5.41) is 3.63. The average Bonchev–Trinajstić information content (AvgIpc) is 2.53. The standard InChI is InChI=1S/C12H17NO/c14-11-3-1-2-8-4-5-9-6-7-10(13-9)12(8)11/h1,3,8-10,12-13H,2,4-7H2/t8-,9-,10-,12?/m1/s1. The number of rotatable bonds is 0. The molecule has 0 aromatic rings. The van der Waals surface area contributed by atoms with E-state index in [1.54, 1.807) is 0 Å². The van der Waals surface area contributed by atoms with Crippen LogP contribution in [0.2, 0.25) is 0 Å². The number of hydrogen-bond acceptors (Lipinski definition) is 2. The zero-order chi connectivity index (χ0) is 9.54. The van der Waals surface area contributed by atoms with Crippen LogP contribution in [0.4, 0.5) is 0 Å². The Hall–Kier alpha value is -0.630. The van der Waals surface area contributed by atoms with E-state index in [0.29, 0.717) is 29.7 Å². The van der Waals surface area contributed by atoms with Crippen LogP contribution in [0.3, 0.4) is 0 Å². The molecule has 1 N–H and O–H groups in total. The van der Waals surface area contributed by atoms with Gasteiger partial charge >= 0.3 is 0 Å². The van der Waals surface area contributed by atoms with Gasteiger partial charge in [-0.1, -0.05) is 6.08 Å². The van der Waals surface area contributed by atoms with Gasteiger partial charge < -0.3 is 5.32 Å². The number of hydrogen-bond donors (Lipinski definition) is 1. The molecule has 0 radical (unpaired) electrons. The molecule has 0 amide bonds. The molecule has 76 valence electrons. The fraction of sp³-hybridized carbons (Fsp3) is 0.750. The third-order valence-corrected chi connectivity index (χ3v) is 4.15. The summed E-state index contributed by atoms with van der Waals surface area (Å²) in [6, 6.07) is 1.20. The van der Waals surface area contributed by atoms with Gasteiger partial charge in [0.1, 0.15) is 0 Å². The lowest BCUT2D eigenvalue weighted by Gasteiger charge is -2.30. The summed E-state index contributed by atoms with van der Waals surface area (Å²) in [6.07, 6.45) is 10.0. The number of carbonyl (C=O) groups excluding carboxylic acids is 1. The van der Waals surface area contributed by atoms with Crippen LogP contribution in [-0.2, 0) is 4.79 Å². The van der Waals surface area contributed by atoms with E-state index < -0.39 is 0 Å². The van der Waals surface area contributed by atoms with Crippen molar-refractivity contribution in [2.45, 2.75) is 44.2 Å². The first-order valence-corrected chi connectivity index (χ1v) is 5.81. The first-order valence-electron chi connectivity index (χ1n) is 5.81. The number of fused-ring (bicyclic) bond motifs is 4. The predicted molar refractivity (Wildman–Crippen MR) is 54.9 cm³/mol. The van der Waals surface area contributed by atoms with Crippen molar-refractivity contribution in [3.05, 3.63) is 12.2 Å². The number of ketones is 1. The molecular weight excluding hydrogens is 174 g/mol. The van der Waals surface area contributed by atoms with Gasteiger partial charge in [0.25, 0.3) is 0 Å². The SMILES string of the molecule is O=C1C=CC[C@@H]2CC[C@@H]3CC[C@@H](N3)C12. The molecule has 2 aliphatic heterocycles. The molecule has 2 saturated heterocycles. The van der Waals surface area contributed by atoms with Gasteiger partial charge in [0, 0.05) is 18.0 Å². The molecular formula is C12H17NO. The van der Waals surface area contributed by atoms with Crippen LogP contribution in [0.25, 0.3) is 0 Å². The predicted octanol–water partition coefficient (Wildman–Crippen LogP) is 1.66. The summed E-state index contributed by atoms with van der Waals surface area (Å²) in [7, 11) is 0. The van der Waals surface area contributed by atoms with E-state index in [0.717, 1.165) is 6.42 Å². The summed E-state index contributed by atoms with van der Waals surface area (Å²) in [5.74, 6) is 1.31. The molecule has 0 spiro atoms. The monoisotopic (exact) mass is 191 g/mol. The minimum absolute atomic E-state index is 0.299. The highest BCUT2D eigenvalue weighted by molar-refractivity contribution is 5.93. The minimum atomic E-state index is 0.299. The van der Waals surface area contributed by atoms with Crippen molar-refractivity contribution in [1.29, 1.82) is 0 Å². The number of nitrogens with one attached hydrogen (secondary N) is 1. The molecule has 1 aliphatic carbocycles. The summed E-state index contributed by atoms with van der Waals surface area (Å²) in [6.45, 7) is 0. The molecule has 4 atom stereocenters. The van der Waals surface area contributed by atoms with E-state index in [9.17, 15) is 4.79 Å². The van der Waals surface area contributed by atoms with Crippen LogP contribution >= 0.6 is 0 Å². The second kappa shape index (κ2) is 3.20. The molecule has 3 aliphatic rings. The summed E-state index contributed by atoms with van der Waals surface area (Å²) >= 11 is 0. The molecule has 1 unspecified atom stereocenters. The Kier molecular flexibility index (Phi) is 1.98. The van der Waals surface area contributed by atoms with Crippen molar-refractivity contribution in [2.24, 2.45) is 11.8 Å². The maximum absolute atomic E-state index is 11.8. The third kappa shape index (κ3) is 1.24. The molecule has 0 saturated carbocycles. The molecule has 2 nitrogen and oxygen atoms in total. The average molecular weight is 191 g/mol. The Bertz CT molecular complexity index is 284. The molecule has 2 heteroatoms. The Morgan fingerprint density at radius 3 is 3.00 bits per heavy atom. The lowest BCUT2D eigenvalue weighted by molar-refractivity contribution is -0.121. The van der Waals surface area contributed by atoms with E-state index in [2.05, 4.69) is 11.4 Å². The largest absolute Gasteiger partial charge is 0.310 e. The van der Waals surface area contributed by atoms with Crippen molar-refractivity contribution in [3.63, 3.8) is 0 Å². The van der Waals surface area contributed by atoms with E-state index in [1.807, 2.05) is 6.08 Å². The topological polar surface area (TPSA) is 29.1 Å². The fourth-order valence-corrected chi connectivity index (χ4v) is 3.45. The van der Waals surface area contributed by atoms with Crippen LogP contribution < -0.4 is 5.32 Å². The lowest BCUT2D eigenvalue weighted by Crippen LogP contribution is -2.40. The van der Waals surface area contributed by atoms with Crippen molar-refractivity contribution in [1.82, 2.24) is 5.32 Å². The van der Waals surface area contributed by atoms with Crippen LogP contribution in [0, 0.1) is 11.8 Å². The number of allylic oxidation sites excluding steroid dienone is 2. The van der Waals surface area contributed by atoms with Crippen molar-refractivity contribution < 1.29 is 4.79 Å². The van der Waals surface area contributed by atoms with Gasteiger partial charge in [-0.2, -0.15) is 0 Å². The minimum Gasteiger partial charge on any atom is -0.310 e. The zero-order valence-corrected chi connectivity index (χ0v) is 8.41. The van der Waals surface area contributed by atoms with E-state index in [1.165, 1.54) is 25.7 Å². The van der Waals surface area contributed by atoms with E-state index in [4.69, 9.17) is 0 Å². The van der Waals surface area contributed by atoms with Crippen LogP contribution in [0.15, 0.2) is 12.2 Å². The van der Waals surface area contributed by atoms with Gasteiger partial charge in [0.15, 0.2) is 5.78 Å². The third-order valence-electron chi connectivity index (χ3n) is 4.15. The van der Waals surface area contributed by atoms with Crippen molar-refractivity contribution >= 4 is 5.78 Å². The fourth-order valence-electron chi connectivity index (χ4n) is 3.45. The molecule has 2 fully saturated rings. The maximum atomic E-state index is 11.8. The van der Waals surface area contributed by atoms with Crippen molar-refractivity contribution in [2.75, 3.05) is 0 Å². The Morgan fingerprint density at radius 2 is 2.07 bits per heavy atom. The van der Waals surface area contributed by atoms with Gasteiger partial charge in [-0.15, -0.1) is 0 Å². The van der Waals surface area contributed by atoms with Gasteiger partial charge in [-0.3, -0.25) is 4.79 Å². The molecule has 2 bridgehead atoms. The normalized spacial score (nSPS) is 46.1. The summed E-state index contributed by atoms with van der Waals surface area (Å²) < 4.78 is 0. The number of carbonyl (C=O) groups is 1. The molecule has 0 aromatic heterocycles.